The van der Waals surface area contributed by atoms with Crippen LogP contribution in [0.25, 0.3) is 10.2 Å². The molecule has 0 fully saturated rings. The number of thiophene rings is 2. The van der Waals surface area contributed by atoms with Crippen LogP contribution >= 0.6 is 34.4 Å². The first-order valence-corrected chi connectivity index (χ1v) is 13.0. The Balaban J connectivity index is 1.33. The third-order valence-electron chi connectivity index (χ3n) is 5.20. The Morgan fingerprint density at radius 2 is 2.23 bits per heavy atom. The normalized spacial score (nSPS) is 13.3. The van der Waals surface area contributed by atoms with E-state index in [1.165, 1.54) is 21.7 Å². The van der Waals surface area contributed by atoms with E-state index in [-0.39, 0.29) is 11.5 Å². The van der Waals surface area contributed by atoms with E-state index >= 15 is 0 Å². The average Bonchev–Trinajstić information content (AvgIpc) is 3.38. The quantitative estimate of drug-likeness (QED) is 0.370. The molecular formula is C22H25N3O2S3. The molecule has 1 aliphatic rings. The first-order chi connectivity index (χ1) is 14.7. The monoisotopic (exact) mass is 459 g/mol. The number of H-pyrrole nitrogens is 1. The third-order valence-corrected chi connectivity index (χ3v) is 8.22. The number of thioether (sulfide) groups is 1. The molecule has 3 heterocycles. The fourth-order valence-corrected chi connectivity index (χ4v) is 6.56. The molecule has 1 aliphatic carbocycles. The molecule has 0 aliphatic heterocycles. The highest BCUT2D eigenvalue weighted by molar-refractivity contribution is 7.98. The number of carbonyl (C=O) groups excluding carboxylic acids is 1. The van der Waals surface area contributed by atoms with E-state index in [2.05, 4.69) is 11.6 Å². The van der Waals surface area contributed by atoms with Crippen molar-refractivity contribution in [3.8, 4) is 0 Å². The van der Waals surface area contributed by atoms with Gasteiger partial charge < -0.3 is 9.88 Å². The number of aromatic amines is 1. The zero-order valence-electron chi connectivity index (χ0n) is 16.8. The summed E-state index contributed by atoms with van der Waals surface area (Å²) in [6, 6.07) is 4.05. The molecule has 1 amide bonds. The van der Waals surface area contributed by atoms with Crippen LogP contribution in [0.15, 0.2) is 35.0 Å². The van der Waals surface area contributed by atoms with Crippen LogP contribution < -0.4 is 5.56 Å². The molecule has 8 heteroatoms. The van der Waals surface area contributed by atoms with Crippen LogP contribution in [0, 0.1) is 0 Å². The second-order valence-electron chi connectivity index (χ2n) is 7.35. The van der Waals surface area contributed by atoms with Crippen molar-refractivity contribution in [1.82, 2.24) is 14.9 Å². The molecule has 4 rings (SSSR count). The Hall–Kier alpha value is -1.90. The minimum absolute atomic E-state index is 0.0146. The maximum atomic E-state index is 12.6. The zero-order valence-corrected chi connectivity index (χ0v) is 19.3. The summed E-state index contributed by atoms with van der Waals surface area (Å²) in [5.74, 6) is 2.12. The molecule has 0 aromatic carbocycles. The van der Waals surface area contributed by atoms with Crippen molar-refractivity contribution in [2.24, 2.45) is 0 Å². The lowest BCUT2D eigenvalue weighted by Crippen LogP contribution is -2.30. The maximum absolute atomic E-state index is 12.6. The third kappa shape index (κ3) is 4.87. The van der Waals surface area contributed by atoms with Crippen LogP contribution in [0.1, 0.15) is 40.4 Å². The smallest absolute Gasteiger partial charge is 0.259 e. The number of aromatic nitrogens is 2. The van der Waals surface area contributed by atoms with E-state index in [9.17, 15) is 9.59 Å². The Morgan fingerprint density at radius 3 is 3.03 bits per heavy atom. The highest BCUT2D eigenvalue weighted by atomic mass is 32.2. The van der Waals surface area contributed by atoms with Gasteiger partial charge in [-0.15, -0.1) is 29.3 Å². The van der Waals surface area contributed by atoms with E-state index in [0.717, 1.165) is 29.5 Å². The summed E-state index contributed by atoms with van der Waals surface area (Å²) in [5, 5.41) is 2.82. The van der Waals surface area contributed by atoms with Crippen molar-refractivity contribution in [2.45, 2.75) is 44.4 Å². The molecule has 5 nitrogen and oxygen atoms in total. The van der Waals surface area contributed by atoms with E-state index in [1.807, 2.05) is 22.4 Å². The predicted octanol–water partition coefficient (Wildman–Crippen LogP) is 4.76. The highest BCUT2D eigenvalue weighted by Gasteiger charge is 2.20. The summed E-state index contributed by atoms with van der Waals surface area (Å²) in [6.45, 7) is 4.95. The number of aryl methyl sites for hydroxylation is 2. The molecule has 0 saturated heterocycles. The van der Waals surface area contributed by atoms with Gasteiger partial charge in [0.1, 0.15) is 10.7 Å². The Kier molecular flexibility index (Phi) is 7.07. The second kappa shape index (κ2) is 9.94. The van der Waals surface area contributed by atoms with Crippen molar-refractivity contribution in [1.29, 1.82) is 0 Å². The molecule has 158 valence electrons. The number of carbonyl (C=O) groups is 1. The van der Waals surface area contributed by atoms with Gasteiger partial charge in [-0.3, -0.25) is 9.59 Å². The van der Waals surface area contributed by atoms with E-state index in [4.69, 9.17) is 4.98 Å². The zero-order chi connectivity index (χ0) is 20.9. The number of nitrogens with zero attached hydrogens (tertiary/aromatic N) is 2. The summed E-state index contributed by atoms with van der Waals surface area (Å²) in [6.07, 6.45) is 6.63. The second-order valence-corrected chi connectivity index (χ2v) is 10.6. The number of hydrogen-bond acceptors (Lipinski definition) is 6. The van der Waals surface area contributed by atoms with Gasteiger partial charge >= 0.3 is 0 Å². The lowest BCUT2D eigenvalue weighted by molar-refractivity contribution is -0.130. The van der Waals surface area contributed by atoms with Crippen molar-refractivity contribution in [3.05, 3.63) is 61.7 Å². The van der Waals surface area contributed by atoms with Gasteiger partial charge in [0.05, 0.1) is 17.7 Å². The number of hydrogen-bond donors (Lipinski definition) is 1. The van der Waals surface area contributed by atoms with Gasteiger partial charge in [0.25, 0.3) is 5.56 Å². The molecule has 0 saturated carbocycles. The SMILES string of the molecule is C=CCN(Cc1cccs1)C(=O)CCSCc1nc2sc3c(c2c(=O)[nH]1)CCCC3. The summed E-state index contributed by atoms with van der Waals surface area (Å²) >= 11 is 4.96. The fourth-order valence-electron chi connectivity index (χ4n) is 3.76. The van der Waals surface area contributed by atoms with Gasteiger partial charge in [-0.2, -0.15) is 11.8 Å². The first-order valence-electron chi connectivity index (χ1n) is 10.2. The molecule has 0 atom stereocenters. The summed E-state index contributed by atoms with van der Waals surface area (Å²) < 4.78 is 0. The van der Waals surface area contributed by atoms with E-state index in [1.54, 1.807) is 40.5 Å². The van der Waals surface area contributed by atoms with Crippen molar-refractivity contribution in [2.75, 3.05) is 12.3 Å². The molecule has 3 aromatic rings. The number of fused-ring (bicyclic) bond motifs is 3. The van der Waals surface area contributed by atoms with Gasteiger partial charge in [0.15, 0.2) is 0 Å². The van der Waals surface area contributed by atoms with Crippen molar-refractivity contribution in [3.63, 3.8) is 0 Å². The lowest BCUT2D eigenvalue weighted by atomic mass is 9.97. The summed E-state index contributed by atoms with van der Waals surface area (Å²) in [5.41, 5.74) is 1.20. The largest absolute Gasteiger partial charge is 0.334 e. The first kappa shape index (κ1) is 21.3. The Morgan fingerprint density at radius 1 is 1.37 bits per heavy atom. The topological polar surface area (TPSA) is 66.1 Å². The van der Waals surface area contributed by atoms with Gasteiger partial charge in [-0.25, -0.2) is 4.98 Å². The molecular weight excluding hydrogens is 434 g/mol. The van der Waals surface area contributed by atoms with E-state index < -0.39 is 0 Å². The van der Waals surface area contributed by atoms with Crippen LogP contribution in [0.3, 0.4) is 0 Å². The molecule has 1 N–H and O–H groups in total. The van der Waals surface area contributed by atoms with Gasteiger partial charge in [0, 0.05) is 28.5 Å². The van der Waals surface area contributed by atoms with Crippen LogP contribution in [-0.2, 0) is 29.9 Å². The van der Waals surface area contributed by atoms with Crippen LogP contribution in [0.5, 0.6) is 0 Å². The molecule has 0 radical (unpaired) electrons. The van der Waals surface area contributed by atoms with Crippen molar-refractivity contribution < 1.29 is 4.79 Å². The molecule has 30 heavy (non-hydrogen) atoms. The van der Waals surface area contributed by atoms with Gasteiger partial charge in [-0.1, -0.05) is 12.1 Å². The van der Waals surface area contributed by atoms with Crippen LogP contribution in [0.4, 0.5) is 0 Å². The maximum Gasteiger partial charge on any atom is 0.259 e. The minimum Gasteiger partial charge on any atom is -0.334 e. The van der Waals surface area contributed by atoms with Crippen LogP contribution in [-0.4, -0.2) is 33.1 Å². The molecule has 0 unspecified atom stereocenters. The average molecular weight is 460 g/mol. The Labute approximate surface area is 188 Å². The van der Waals surface area contributed by atoms with Gasteiger partial charge in [-0.05, 0) is 42.7 Å². The Bertz CT molecular complexity index is 1090. The lowest BCUT2D eigenvalue weighted by Gasteiger charge is -2.20. The summed E-state index contributed by atoms with van der Waals surface area (Å²) in [7, 11) is 0. The fraction of sp³-hybridized carbons (Fsp3) is 0.409. The van der Waals surface area contributed by atoms with Crippen molar-refractivity contribution >= 4 is 50.6 Å². The molecule has 0 spiro atoms. The van der Waals surface area contributed by atoms with Gasteiger partial charge in [0.2, 0.25) is 5.91 Å². The predicted molar refractivity (Wildman–Crippen MR) is 128 cm³/mol. The number of nitrogens with one attached hydrogen (secondary N) is 1. The van der Waals surface area contributed by atoms with E-state index in [0.29, 0.717) is 36.8 Å². The number of amides is 1. The minimum atomic E-state index is -0.0146. The highest BCUT2D eigenvalue weighted by Crippen LogP contribution is 2.33. The standard InChI is InChI=1S/C22H25N3O2S3/c1-2-10-25(13-15-6-5-11-29-15)19(26)9-12-28-14-18-23-21(27)20-16-7-3-4-8-17(16)30-22(20)24-18/h2,5-6,11H,1,3-4,7-10,12-14H2,(H,23,24,27). The molecule has 0 bridgehead atoms. The van der Waals surface area contributed by atoms with Crippen LogP contribution in [0.2, 0.25) is 0 Å². The summed E-state index contributed by atoms with van der Waals surface area (Å²) in [4.78, 5) is 38.1. The number of rotatable bonds is 9. The molecule has 3 aromatic heterocycles.